The largest absolute Gasteiger partial charge is 0.382 e. The zero-order valence-corrected chi connectivity index (χ0v) is 13.4. The highest BCUT2D eigenvalue weighted by Crippen LogP contribution is 2.24. The van der Waals surface area contributed by atoms with Gasteiger partial charge in [0.05, 0.1) is 0 Å². The molecule has 112 valence electrons. The van der Waals surface area contributed by atoms with Gasteiger partial charge in [-0.25, -0.2) is 0 Å². The first-order valence-corrected chi connectivity index (χ1v) is 8.31. The molecule has 1 fully saturated rings. The maximum atomic E-state index is 3.77. The third-order valence-electron chi connectivity index (χ3n) is 4.57. The molecule has 1 saturated heterocycles. The van der Waals surface area contributed by atoms with Crippen LogP contribution in [0.5, 0.6) is 0 Å². The number of hydrogen-bond donors (Lipinski definition) is 1. The Morgan fingerprint density at radius 1 is 1.30 bits per heavy atom. The first-order chi connectivity index (χ1) is 9.74. The van der Waals surface area contributed by atoms with Gasteiger partial charge >= 0.3 is 0 Å². The van der Waals surface area contributed by atoms with Crippen molar-refractivity contribution in [2.45, 2.75) is 52.5 Å². The molecule has 1 aliphatic rings. The predicted molar refractivity (Wildman–Crippen MR) is 88.4 cm³/mol. The van der Waals surface area contributed by atoms with Crippen molar-refractivity contribution in [3.8, 4) is 0 Å². The lowest BCUT2D eigenvalue weighted by Crippen LogP contribution is -2.42. The fraction of sp³-hybridized carbons (Fsp3) is 0.667. The molecule has 2 unspecified atom stereocenters. The molecule has 1 aromatic carbocycles. The van der Waals surface area contributed by atoms with Gasteiger partial charge in [0, 0.05) is 18.3 Å². The van der Waals surface area contributed by atoms with E-state index in [2.05, 4.69) is 55.3 Å². The molecule has 2 rings (SSSR count). The van der Waals surface area contributed by atoms with Crippen LogP contribution in [-0.2, 0) is 6.42 Å². The number of para-hydroxylation sites is 1. The second-order valence-corrected chi connectivity index (χ2v) is 6.15. The number of likely N-dealkylation sites (tertiary alicyclic amines) is 1. The van der Waals surface area contributed by atoms with Gasteiger partial charge in [0.1, 0.15) is 0 Å². The summed E-state index contributed by atoms with van der Waals surface area (Å²) in [5.74, 6) is 0.778. The zero-order chi connectivity index (χ0) is 14.4. The van der Waals surface area contributed by atoms with Crippen molar-refractivity contribution in [2.24, 2.45) is 5.92 Å². The fourth-order valence-corrected chi connectivity index (χ4v) is 3.35. The molecular weight excluding hydrogens is 244 g/mol. The molecule has 0 amide bonds. The van der Waals surface area contributed by atoms with Gasteiger partial charge < -0.3 is 10.2 Å². The third kappa shape index (κ3) is 3.99. The molecule has 1 aliphatic heterocycles. The molecule has 1 N–H and O–H groups in total. The van der Waals surface area contributed by atoms with Gasteiger partial charge in [-0.05, 0) is 63.2 Å². The van der Waals surface area contributed by atoms with Gasteiger partial charge in [0.25, 0.3) is 0 Å². The molecule has 1 aromatic rings. The summed E-state index contributed by atoms with van der Waals surface area (Å²) in [6.45, 7) is 10.7. The van der Waals surface area contributed by atoms with E-state index in [0.29, 0.717) is 6.04 Å². The summed E-state index contributed by atoms with van der Waals surface area (Å²) in [4.78, 5) is 2.64. The summed E-state index contributed by atoms with van der Waals surface area (Å²) in [6, 6.07) is 9.29. The molecule has 0 bridgehead atoms. The number of rotatable bonds is 6. The minimum atomic E-state index is 0.558. The second-order valence-electron chi connectivity index (χ2n) is 6.15. The molecule has 0 aromatic heterocycles. The summed E-state index contributed by atoms with van der Waals surface area (Å²) in [5.41, 5.74) is 2.76. The lowest BCUT2D eigenvalue weighted by Gasteiger charge is -2.36. The van der Waals surface area contributed by atoms with E-state index >= 15 is 0 Å². The van der Waals surface area contributed by atoms with Crippen LogP contribution in [0.25, 0.3) is 0 Å². The fourth-order valence-electron chi connectivity index (χ4n) is 3.35. The number of piperidine rings is 1. The maximum Gasteiger partial charge on any atom is 0.0374 e. The first-order valence-electron chi connectivity index (χ1n) is 8.31. The summed E-state index contributed by atoms with van der Waals surface area (Å²) in [6.07, 6.45) is 5.09. The number of nitrogens with zero attached hydrogens (tertiary/aromatic N) is 1. The highest BCUT2D eigenvalue weighted by molar-refractivity contribution is 5.51. The molecule has 1 heterocycles. The van der Waals surface area contributed by atoms with Gasteiger partial charge in [-0.3, -0.25) is 0 Å². The second kappa shape index (κ2) is 7.68. The van der Waals surface area contributed by atoms with E-state index in [1.807, 2.05) is 0 Å². The molecule has 0 radical (unpaired) electrons. The third-order valence-corrected chi connectivity index (χ3v) is 4.57. The predicted octanol–water partition coefficient (Wildman–Crippen LogP) is 4.17. The van der Waals surface area contributed by atoms with Gasteiger partial charge in [-0.1, -0.05) is 32.0 Å². The summed E-state index contributed by atoms with van der Waals surface area (Å²) >= 11 is 0. The van der Waals surface area contributed by atoms with E-state index in [4.69, 9.17) is 0 Å². The molecule has 0 spiro atoms. The van der Waals surface area contributed by atoms with Crippen molar-refractivity contribution in [1.82, 2.24) is 4.90 Å². The zero-order valence-electron chi connectivity index (χ0n) is 13.4. The van der Waals surface area contributed by atoms with Crippen molar-refractivity contribution in [3.05, 3.63) is 29.8 Å². The Kier molecular flexibility index (Phi) is 5.90. The van der Waals surface area contributed by atoms with Crippen molar-refractivity contribution >= 4 is 5.69 Å². The SMILES string of the molecule is CCCN1CCCC(C(C)Nc2ccccc2CC)C1. The van der Waals surface area contributed by atoms with Crippen LogP contribution in [0, 0.1) is 5.92 Å². The van der Waals surface area contributed by atoms with Crippen LogP contribution < -0.4 is 5.32 Å². The Labute approximate surface area is 124 Å². The molecule has 0 saturated carbocycles. The smallest absolute Gasteiger partial charge is 0.0374 e. The summed E-state index contributed by atoms with van der Waals surface area (Å²) in [5, 5.41) is 3.77. The monoisotopic (exact) mass is 274 g/mol. The van der Waals surface area contributed by atoms with E-state index in [9.17, 15) is 0 Å². The Bertz CT molecular complexity index is 400. The standard InChI is InChI=1S/C18H30N2/c1-4-12-20-13-8-10-17(14-20)15(3)19-18-11-7-6-9-16(18)5-2/h6-7,9,11,15,17,19H,4-5,8,10,12-14H2,1-3H3. The lowest BCUT2D eigenvalue weighted by atomic mass is 9.91. The Morgan fingerprint density at radius 3 is 2.85 bits per heavy atom. The summed E-state index contributed by atoms with van der Waals surface area (Å²) < 4.78 is 0. The highest BCUT2D eigenvalue weighted by atomic mass is 15.1. The van der Waals surface area contributed by atoms with Gasteiger partial charge in [0.15, 0.2) is 0 Å². The molecular formula is C18H30N2. The van der Waals surface area contributed by atoms with Crippen molar-refractivity contribution in [3.63, 3.8) is 0 Å². The average Bonchev–Trinajstić information content (AvgIpc) is 2.48. The van der Waals surface area contributed by atoms with E-state index < -0.39 is 0 Å². The maximum absolute atomic E-state index is 3.77. The van der Waals surface area contributed by atoms with E-state index in [0.717, 1.165) is 12.3 Å². The highest BCUT2D eigenvalue weighted by Gasteiger charge is 2.24. The molecule has 2 nitrogen and oxygen atoms in total. The molecule has 20 heavy (non-hydrogen) atoms. The molecule has 2 atom stereocenters. The number of benzene rings is 1. The quantitative estimate of drug-likeness (QED) is 0.837. The first kappa shape index (κ1) is 15.4. The van der Waals surface area contributed by atoms with E-state index in [1.165, 1.54) is 50.1 Å². The number of anilines is 1. The van der Waals surface area contributed by atoms with Crippen molar-refractivity contribution < 1.29 is 0 Å². The lowest BCUT2D eigenvalue weighted by molar-refractivity contribution is 0.165. The van der Waals surface area contributed by atoms with Crippen LogP contribution in [0.3, 0.4) is 0 Å². The van der Waals surface area contributed by atoms with Gasteiger partial charge in [-0.15, -0.1) is 0 Å². The van der Waals surface area contributed by atoms with Crippen LogP contribution in [0.4, 0.5) is 5.69 Å². The van der Waals surface area contributed by atoms with Gasteiger partial charge in [0.2, 0.25) is 0 Å². The Hall–Kier alpha value is -1.02. The number of hydrogen-bond acceptors (Lipinski definition) is 2. The molecule has 2 heteroatoms. The number of nitrogens with one attached hydrogen (secondary N) is 1. The number of aryl methyl sites for hydroxylation is 1. The van der Waals surface area contributed by atoms with E-state index in [1.54, 1.807) is 0 Å². The Balaban J connectivity index is 1.95. The molecule has 0 aliphatic carbocycles. The normalized spacial score (nSPS) is 21.6. The van der Waals surface area contributed by atoms with Crippen LogP contribution in [0.2, 0.25) is 0 Å². The van der Waals surface area contributed by atoms with Crippen LogP contribution in [0.1, 0.15) is 45.6 Å². The van der Waals surface area contributed by atoms with Crippen LogP contribution in [-0.4, -0.2) is 30.6 Å². The van der Waals surface area contributed by atoms with Gasteiger partial charge in [-0.2, -0.15) is 0 Å². The van der Waals surface area contributed by atoms with Crippen molar-refractivity contribution in [2.75, 3.05) is 25.0 Å². The van der Waals surface area contributed by atoms with Crippen LogP contribution in [0.15, 0.2) is 24.3 Å². The topological polar surface area (TPSA) is 15.3 Å². The minimum Gasteiger partial charge on any atom is -0.382 e. The average molecular weight is 274 g/mol. The Morgan fingerprint density at radius 2 is 2.10 bits per heavy atom. The van der Waals surface area contributed by atoms with E-state index in [-0.39, 0.29) is 0 Å². The van der Waals surface area contributed by atoms with Crippen molar-refractivity contribution in [1.29, 1.82) is 0 Å². The minimum absolute atomic E-state index is 0.558. The summed E-state index contributed by atoms with van der Waals surface area (Å²) in [7, 11) is 0. The van der Waals surface area contributed by atoms with Crippen LogP contribution >= 0.6 is 0 Å².